The van der Waals surface area contributed by atoms with Crippen molar-refractivity contribution in [3.8, 4) is 6.07 Å². The van der Waals surface area contributed by atoms with Crippen LogP contribution >= 0.6 is 0 Å². The maximum Gasteiger partial charge on any atom is 0.0640 e. The van der Waals surface area contributed by atoms with E-state index < -0.39 is 0 Å². The molecule has 18 heavy (non-hydrogen) atoms. The molecule has 0 radical (unpaired) electrons. The van der Waals surface area contributed by atoms with Crippen molar-refractivity contribution >= 4 is 5.69 Å². The summed E-state index contributed by atoms with van der Waals surface area (Å²) in [5.41, 5.74) is 8.01. The van der Waals surface area contributed by atoms with Crippen LogP contribution in [0.5, 0.6) is 0 Å². The Bertz CT molecular complexity index is 416. The molecule has 0 aromatic carbocycles. The minimum atomic E-state index is 0.0209. The predicted octanol–water partition coefficient (Wildman–Crippen LogP) is 2.37. The van der Waals surface area contributed by atoms with Gasteiger partial charge in [-0.2, -0.15) is 5.26 Å². The summed E-state index contributed by atoms with van der Waals surface area (Å²) in [6, 6.07) is 6.91. The van der Waals surface area contributed by atoms with Gasteiger partial charge < -0.3 is 10.6 Å². The first-order valence-electron chi connectivity index (χ1n) is 6.61. The number of rotatable bonds is 6. The van der Waals surface area contributed by atoms with Crippen molar-refractivity contribution in [2.45, 2.75) is 44.7 Å². The van der Waals surface area contributed by atoms with Crippen LogP contribution in [0.4, 0.5) is 5.69 Å². The minimum absolute atomic E-state index is 0.0209. The summed E-state index contributed by atoms with van der Waals surface area (Å²) >= 11 is 0. The van der Waals surface area contributed by atoms with E-state index in [9.17, 15) is 0 Å². The van der Waals surface area contributed by atoms with Crippen LogP contribution < -0.4 is 10.6 Å². The van der Waals surface area contributed by atoms with E-state index in [1.165, 1.54) is 12.8 Å². The van der Waals surface area contributed by atoms with Crippen molar-refractivity contribution in [2.24, 2.45) is 5.73 Å². The van der Waals surface area contributed by atoms with Gasteiger partial charge in [0.25, 0.3) is 0 Å². The van der Waals surface area contributed by atoms with Crippen LogP contribution in [0.15, 0.2) is 18.3 Å². The Morgan fingerprint density at radius 2 is 2.33 bits per heavy atom. The highest BCUT2D eigenvalue weighted by Gasteiger charge is 2.29. The number of anilines is 1. The van der Waals surface area contributed by atoms with E-state index >= 15 is 0 Å². The van der Waals surface area contributed by atoms with Crippen molar-refractivity contribution in [3.63, 3.8) is 0 Å². The lowest BCUT2D eigenvalue weighted by Gasteiger charge is -2.23. The number of aromatic nitrogens is 1. The van der Waals surface area contributed by atoms with Gasteiger partial charge in [0.1, 0.15) is 0 Å². The highest BCUT2D eigenvalue weighted by atomic mass is 15.2. The number of pyridine rings is 1. The van der Waals surface area contributed by atoms with Gasteiger partial charge in [-0.05, 0) is 31.4 Å². The third kappa shape index (κ3) is 2.99. The molecule has 0 unspecified atom stereocenters. The van der Waals surface area contributed by atoms with Gasteiger partial charge in [-0.3, -0.25) is 4.98 Å². The van der Waals surface area contributed by atoms with Crippen LogP contribution in [0.2, 0.25) is 0 Å². The molecule has 1 heterocycles. The predicted molar refractivity (Wildman–Crippen MR) is 72.1 cm³/mol. The topological polar surface area (TPSA) is 65.9 Å². The average Bonchev–Trinajstić information content (AvgIpc) is 3.24. The third-order valence-corrected chi connectivity index (χ3v) is 3.37. The van der Waals surface area contributed by atoms with Gasteiger partial charge in [0, 0.05) is 18.6 Å². The van der Waals surface area contributed by atoms with E-state index in [4.69, 9.17) is 11.0 Å². The minimum Gasteiger partial charge on any atom is -0.366 e. The number of nitrogens with two attached hydrogens (primary N) is 1. The Morgan fingerprint density at radius 1 is 1.56 bits per heavy atom. The number of hydrogen-bond donors (Lipinski definition) is 1. The van der Waals surface area contributed by atoms with E-state index in [0.29, 0.717) is 12.5 Å². The Kier molecular flexibility index (Phi) is 4.16. The molecule has 0 amide bonds. The van der Waals surface area contributed by atoms with E-state index in [0.717, 1.165) is 24.3 Å². The van der Waals surface area contributed by atoms with Crippen LogP contribution in [0.3, 0.4) is 0 Å². The Balaban J connectivity index is 2.08. The van der Waals surface area contributed by atoms with Crippen molar-refractivity contribution in [1.29, 1.82) is 5.26 Å². The zero-order valence-corrected chi connectivity index (χ0v) is 10.8. The summed E-state index contributed by atoms with van der Waals surface area (Å²) < 4.78 is 0. The second-order valence-corrected chi connectivity index (χ2v) is 4.79. The molecule has 0 spiro atoms. The van der Waals surface area contributed by atoms with Gasteiger partial charge in [-0.25, -0.2) is 0 Å². The lowest BCUT2D eigenvalue weighted by Crippen LogP contribution is -2.26. The Hall–Kier alpha value is -1.60. The molecule has 0 bridgehead atoms. The molecule has 2 rings (SSSR count). The molecule has 2 N–H and O–H groups in total. The summed E-state index contributed by atoms with van der Waals surface area (Å²) in [6.07, 6.45) is 5.80. The third-order valence-electron chi connectivity index (χ3n) is 3.37. The second kappa shape index (κ2) is 5.83. The molecule has 4 nitrogen and oxygen atoms in total. The highest BCUT2D eigenvalue weighted by Crippen LogP contribution is 2.31. The molecular weight excluding hydrogens is 224 g/mol. The lowest BCUT2D eigenvalue weighted by atomic mass is 10.1. The standard InChI is InChI=1S/C14H20N4/c1-2-13(16)14-7-6-12(10-17-14)18(9-3-8-15)11-4-5-11/h6-7,10-11,13H,2-5,9,16H2,1H3/t13-/m1/s1. The van der Waals surface area contributed by atoms with E-state index in [2.05, 4.69) is 28.9 Å². The quantitative estimate of drug-likeness (QED) is 0.834. The molecule has 1 fully saturated rings. The maximum absolute atomic E-state index is 8.70. The van der Waals surface area contributed by atoms with Crippen LogP contribution in [-0.2, 0) is 0 Å². The van der Waals surface area contributed by atoms with Crippen LogP contribution in [0.1, 0.15) is 44.3 Å². The normalized spacial score (nSPS) is 16.1. The fraction of sp³-hybridized carbons (Fsp3) is 0.571. The molecule has 1 aliphatic rings. The first-order chi connectivity index (χ1) is 8.76. The molecule has 96 valence electrons. The first-order valence-corrected chi connectivity index (χ1v) is 6.61. The van der Waals surface area contributed by atoms with Gasteiger partial charge in [0.15, 0.2) is 0 Å². The average molecular weight is 244 g/mol. The van der Waals surface area contributed by atoms with Crippen molar-refractivity contribution < 1.29 is 0 Å². The lowest BCUT2D eigenvalue weighted by molar-refractivity contribution is 0.674. The van der Waals surface area contributed by atoms with Gasteiger partial charge in [-0.1, -0.05) is 6.92 Å². The van der Waals surface area contributed by atoms with Gasteiger partial charge in [-0.15, -0.1) is 0 Å². The Morgan fingerprint density at radius 3 is 2.83 bits per heavy atom. The molecule has 0 saturated heterocycles. The molecule has 1 atom stereocenters. The Labute approximate surface area is 108 Å². The van der Waals surface area contributed by atoms with Crippen LogP contribution in [0.25, 0.3) is 0 Å². The zero-order chi connectivity index (χ0) is 13.0. The second-order valence-electron chi connectivity index (χ2n) is 4.79. The van der Waals surface area contributed by atoms with Crippen molar-refractivity contribution in [1.82, 2.24) is 4.98 Å². The fourth-order valence-corrected chi connectivity index (χ4v) is 2.08. The molecule has 0 aliphatic heterocycles. The summed E-state index contributed by atoms with van der Waals surface area (Å²) in [5, 5.41) is 8.70. The molecule has 1 aliphatic carbocycles. The first kappa shape index (κ1) is 12.8. The van der Waals surface area contributed by atoms with Gasteiger partial charge >= 0.3 is 0 Å². The molecule has 1 aromatic rings. The van der Waals surface area contributed by atoms with Crippen molar-refractivity contribution in [3.05, 3.63) is 24.0 Å². The summed E-state index contributed by atoms with van der Waals surface area (Å²) in [5.74, 6) is 0. The number of nitrogens with zero attached hydrogens (tertiary/aromatic N) is 3. The fourth-order valence-electron chi connectivity index (χ4n) is 2.08. The summed E-state index contributed by atoms with van der Waals surface area (Å²) in [4.78, 5) is 6.73. The smallest absolute Gasteiger partial charge is 0.0640 e. The van der Waals surface area contributed by atoms with Gasteiger partial charge in [0.05, 0.1) is 30.1 Å². The number of nitriles is 1. The van der Waals surface area contributed by atoms with Gasteiger partial charge in [0.2, 0.25) is 0 Å². The monoisotopic (exact) mass is 244 g/mol. The van der Waals surface area contributed by atoms with Crippen LogP contribution in [-0.4, -0.2) is 17.6 Å². The van der Waals surface area contributed by atoms with E-state index in [1.54, 1.807) is 0 Å². The molecule has 4 heteroatoms. The maximum atomic E-state index is 8.70. The van der Waals surface area contributed by atoms with Crippen molar-refractivity contribution in [2.75, 3.05) is 11.4 Å². The summed E-state index contributed by atoms with van der Waals surface area (Å²) in [7, 11) is 0. The molecular formula is C14H20N4. The zero-order valence-electron chi connectivity index (χ0n) is 10.8. The van der Waals surface area contributed by atoms with E-state index in [1.807, 2.05) is 12.3 Å². The highest BCUT2D eigenvalue weighted by molar-refractivity contribution is 5.47. The van der Waals surface area contributed by atoms with E-state index in [-0.39, 0.29) is 6.04 Å². The van der Waals surface area contributed by atoms with Crippen LogP contribution in [0, 0.1) is 11.3 Å². The summed E-state index contributed by atoms with van der Waals surface area (Å²) in [6.45, 7) is 2.85. The largest absolute Gasteiger partial charge is 0.366 e. The number of hydrogen-bond acceptors (Lipinski definition) is 4. The molecule has 1 aromatic heterocycles. The SMILES string of the molecule is CC[C@@H](N)c1ccc(N(CCC#N)C2CC2)cn1. The molecule has 1 saturated carbocycles.